The van der Waals surface area contributed by atoms with Crippen LogP contribution in [-0.4, -0.2) is 25.8 Å². The molecule has 0 saturated heterocycles. The summed E-state index contributed by atoms with van der Waals surface area (Å²) in [5.41, 5.74) is 6.78. The molecule has 0 aliphatic carbocycles. The topological polar surface area (TPSA) is 70.8 Å². The molecule has 1 unspecified atom stereocenters. The first kappa shape index (κ1) is 11.7. The normalized spacial score (nSPS) is 17.2. The van der Waals surface area contributed by atoms with E-state index >= 15 is 0 Å². The predicted octanol–water partition coefficient (Wildman–Crippen LogP) is 1.02. The Balaban J connectivity index is 1.97. The molecule has 0 radical (unpaired) electrons. The van der Waals surface area contributed by atoms with Crippen molar-refractivity contribution in [2.24, 2.45) is 5.73 Å². The van der Waals surface area contributed by atoms with Gasteiger partial charge in [0.05, 0.1) is 12.6 Å². The van der Waals surface area contributed by atoms with E-state index in [0.29, 0.717) is 19.0 Å². The first-order chi connectivity index (χ1) is 8.20. The van der Waals surface area contributed by atoms with Crippen LogP contribution in [-0.2, 0) is 9.53 Å². The van der Waals surface area contributed by atoms with Gasteiger partial charge >= 0.3 is 5.97 Å². The van der Waals surface area contributed by atoms with Gasteiger partial charge in [-0.2, -0.15) is 0 Å². The summed E-state index contributed by atoms with van der Waals surface area (Å²) in [5.74, 6) is 0.912. The van der Waals surface area contributed by atoms with Crippen LogP contribution in [0.5, 0.6) is 11.5 Å². The molecule has 0 saturated carbocycles. The molecule has 5 heteroatoms. The Morgan fingerprint density at radius 3 is 3.18 bits per heavy atom. The van der Waals surface area contributed by atoms with Crippen LogP contribution < -0.4 is 15.2 Å². The van der Waals surface area contributed by atoms with E-state index in [9.17, 15) is 4.79 Å². The van der Waals surface area contributed by atoms with E-state index in [-0.39, 0.29) is 18.6 Å². The van der Waals surface area contributed by atoms with Gasteiger partial charge in [0.15, 0.2) is 6.61 Å². The third-order valence-corrected chi connectivity index (χ3v) is 2.46. The summed E-state index contributed by atoms with van der Waals surface area (Å²) in [6.45, 7) is 2.49. The van der Waals surface area contributed by atoms with Crippen LogP contribution in [0.15, 0.2) is 18.2 Å². The minimum Gasteiger partial charge on any atom is -0.491 e. The van der Waals surface area contributed by atoms with Crippen molar-refractivity contribution in [2.75, 3.05) is 19.8 Å². The maximum absolute atomic E-state index is 11.1. The molecule has 92 valence electrons. The van der Waals surface area contributed by atoms with E-state index in [1.165, 1.54) is 0 Å². The van der Waals surface area contributed by atoms with Crippen molar-refractivity contribution in [3.05, 3.63) is 23.8 Å². The zero-order valence-corrected chi connectivity index (χ0v) is 9.64. The molecule has 0 amide bonds. The summed E-state index contributed by atoms with van der Waals surface area (Å²) in [4.78, 5) is 11.1. The van der Waals surface area contributed by atoms with Crippen molar-refractivity contribution in [3.8, 4) is 11.5 Å². The average Bonchev–Trinajstić information content (AvgIpc) is 2.69. The first-order valence-corrected chi connectivity index (χ1v) is 5.51. The fraction of sp³-hybridized carbons (Fsp3) is 0.417. The molecule has 1 aromatic carbocycles. The van der Waals surface area contributed by atoms with E-state index in [1.807, 2.05) is 6.07 Å². The van der Waals surface area contributed by atoms with Gasteiger partial charge in [-0.25, -0.2) is 4.79 Å². The number of ether oxygens (including phenoxy) is 3. The van der Waals surface area contributed by atoms with Gasteiger partial charge in [0, 0.05) is 11.6 Å². The van der Waals surface area contributed by atoms with Crippen molar-refractivity contribution < 1.29 is 19.0 Å². The first-order valence-electron chi connectivity index (χ1n) is 5.51. The van der Waals surface area contributed by atoms with Gasteiger partial charge in [0.1, 0.15) is 18.1 Å². The fourth-order valence-corrected chi connectivity index (χ4v) is 1.65. The van der Waals surface area contributed by atoms with Crippen LogP contribution in [0, 0.1) is 0 Å². The summed E-state index contributed by atoms with van der Waals surface area (Å²) in [7, 11) is 0. The van der Waals surface area contributed by atoms with Crippen molar-refractivity contribution in [2.45, 2.75) is 13.0 Å². The molecule has 1 aliphatic rings. The molecule has 1 aliphatic heterocycles. The van der Waals surface area contributed by atoms with Crippen molar-refractivity contribution in [1.29, 1.82) is 0 Å². The summed E-state index contributed by atoms with van der Waals surface area (Å²) in [6.07, 6.45) is 0. The standard InChI is InChI=1S/C12H15NO4/c1-2-15-12(14)7-16-8-3-4-9-10(13)6-17-11(9)5-8/h3-5,10H,2,6-7,13H2,1H3. The molecular formula is C12H15NO4. The lowest BCUT2D eigenvalue weighted by atomic mass is 10.1. The highest BCUT2D eigenvalue weighted by Crippen LogP contribution is 2.33. The van der Waals surface area contributed by atoms with Crippen LogP contribution in [0.25, 0.3) is 0 Å². The van der Waals surface area contributed by atoms with Crippen LogP contribution in [0.2, 0.25) is 0 Å². The number of benzene rings is 1. The number of fused-ring (bicyclic) bond motifs is 1. The van der Waals surface area contributed by atoms with Gasteiger partial charge < -0.3 is 19.9 Å². The highest BCUT2D eigenvalue weighted by Gasteiger charge is 2.20. The molecular weight excluding hydrogens is 222 g/mol. The van der Waals surface area contributed by atoms with Gasteiger partial charge in [0.25, 0.3) is 0 Å². The number of hydrogen-bond acceptors (Lipinski definition) is 5. The minimum atomic E-state index is -0.384. The smallest absolute Gasteiger partial charge is 0.344 e. The highest BCUT2D eigenvalue weighted by molar-refractivity contribution is 5.71. The molecule has 2 N–H and O–H groups in total. The van der Waals surface area contributed by atoms with Crippen molar-refractivity contribution in [3.63, 3.8) is 0 Å². The molecule has 0 bridgehead atoms. The number of rotatable bonds is 4. The molecule has 0 aromatic heterocycles. The Bertz CT molecular complexity index is 419. The highest BCUT2D eigenvalue weighted by atomic mass is 16.6. The summed E-state index contributed by atoms with van der Waals surface area (Å²) < 4.78 is 15.4. The van der Waals surface area contributed by atoms with E-state index < -0.39 is 0 Å². The van der Waals surface area contributed by atoms with Crippen LogP contribution >= 0.6 is 0 Å². The SMILES string of the molecule is CCOC(=O)COc1ccc2c(c1)OCC2N. The Morgan fingerprint density at radius 2 is 2.41 bits per heavy atom. The summed E-state index contributed by atoms with van der Waals surface area (Å²) >= 11 is 0. The second-order valence-electron chi connectivity index (χ2n) is 3.71. The Kier molecular flexibility index (Phi) is 3.49. The maximum Gasteiger partial charge on any atom is 0.344 e. The van der Waals surface area contributed by atoms with E-state index in [4.69, 9.17) is 19.9 Å². The summed E-state index contributed by atoms with van der Waals surface area (Å²) in [6, 6.07) is 5.28. The largest absolute Gasteiger partial charge is 0.491 e. The zero-order chi connectivity index (χ0) is 12.3. The molecule has 1 atom stereocenters. The van der Waals surface area contributed by atoms with Gasteiger partial charge in [0.2, 0.25) is 0 Å². The number of nitrogens with two attached hydrogens (primary N) is 1. The molecule has 17 heavy (non-hydrogen) atoms. The van der Waals surface area contributed by atoms with E-state index in [2.05, 4.69) is 0 Å². The second kappa shape index (κ2) is 5.05. The lowest BCUT2D eigenvalue weighted by Crippen LogP contribution is -2.14. The van der Waals surface area contributed by atoms with Crippen molar-refractivity contribution >= 4 is 5.97 Å². The van der Waals surface area contributed by atoms with Gasteiger partial charge in [-0.15, -0.1) is 0 Å². The third-order valence-electron chi connectivity index (χ3n) is 2.46. The fourth-order valence-electron chi connectivity index (χ4n) is 1.65. The monoisotopic (exact) mass is 237 g/mol. The van der Waals surface area contributed by atoms with Crippen molar-refractivity contribution in [1.82, 2.24) is 0 Å². The number of esters is 1. The molecule has 2 rings (SSSR count). The number of carbonyl (C=O) groups excluding carboxylic acids is 1. The lowest BCUT2D eigenvalue weighted by molar-refractivity contribution is -0.145. The molecule has 1 aromatic rings. The lowest BCUT2D eigenvalue weighted by Gasteiger charge is -2.07. The van der Waals surface area contributed by atoms with E-state index in [1.54, 1.807) is 19.1 Å². The van der Waals surface area contributed by atoms with E-state index in [0.717, 1.165) is 11.3 Å². The zero-order valence-electron chi connectivity index (χ0n) is 9.64. The number of hydrogen-bond donors (Lipinski definition) is 1. The summed E-state index contributed by atoms with van der Waals surface area (Å²) in [5, 5.41) is 0. The minimum absolute atomic E-state index is 0.0795. The Hall–Kier alpha value is -1.75. The number of carbonyl (C=O) groups is 1. The average molecular weight is 237 g/mol. The second-order valence-corrected chi connectivity index (χ2v) is 3.71. The Labute approximate surface area is 99.5 Å². The van der Waals surface area contributed by atoms with Gasteiger partial charge in [-0.05, 0) is 19.1 Å². The van der Waals surface area contributed by atoms with Gasteiger partial charge in [-0.1, -0.05) is 0 Å². The molecule has 1 heterocycles. The maximum atomic E-state index is 11.1. The molecule has 0 fully saturated rings. The van der Waals surface area contributed by atoms with Gasteiger partial charge in [-0.3, -0.25) is 0 Å². The molecule has 5 nitrogen and oxygen atoms in total. The molecule has 0 spiro atoms. The predicted molar refractivity (Wildman–Crippen MR) is 61.0 cm³/mol. The van der Waals surface area contributed by atoms with Crippen LogP contribution in [0.1, 0.15) is 18.5 Å². The Morgan fingerprint density at radius 1 is 1.59 bits per heavy atom. The third kappa shape index (κ3) is 2.68. The van der Waals surface area contributed by atoms with Crippen LogP contribution in [0.3, 0.4) is 0 Å². The van der Waals surface area contributed by atoms with Crippen LogP contribution in [0.4, 0.5) is 0 Å². The quantitative estimate of drug-likeness (QED) is 0.792.